The summed E-state index contributed by atoms with van der Waals surface area (Å²) in [6.45, 7) is 5.18. The molecule has 1 N–H and O–H groups in total. The van der Waals surface area contributed by atoms with Gasteiger partial charge in [-0.25, -0.2) is 0 Å². The number of carbonyl (C=O) groups is 1. The maximum absolute atomic E-state index is 12.4. The number of carbonyl (C=O) groups excluding carboxylic acids is 1. The molecule has 29 heavy (non-hydrogen) atoms. The van der Waals surface area contributed by atoms with Crippen molar-refractivity contribution in [2.45, 2.75) is 25.5 Å². The van der Waals surface area contributed by atoms with Crippen LogP contribution in [0, 0.1) is 13.8 Å². The maximum Gasteiger partial charge on any atom is 0.234 e. The highest BCUT2D eigenvalue weighted by Crippen LogP contribution is 2.25. The molecule has 1 aromatic heterocycles. The number of ether oxygens (including phenoxy) is 1. The Bertz CT molecular complexity index is 1010. The molecular formula is C21H23BrN4O2S. The van der Waals surface area contributed by atoms with Gasteiger partial charge in [-0.2, -0.15) is 0 Å². The van der Waals surface area contributed by atoms with Crippen LogP contribution in [-0.4, -0.2) is 40.1 Å². The van der Waals surface area contributed by atoms with E-state index in [0.717, 1.165) is 32.7 Å². The van der Waals surface area contributed by atoms with E-state index in [9.17, 15) is 4.79 Å². The molecule has 6 nitrogen and oxygen atoms in total. The Morgan fingerprint density at radius 2 is 2.03 bits per heavy atom. The van der Waals surface area contributed by atoms with Crippen LogP contribution in [-0.2, 0) is 16.1 Å². The zero-order chi connectivity index (χ0) is 20.8. The van der Waals surface area contributed by atoms with Gasteiger partial charge in [-0.3, -0.25) is 9.36 Å². The van der Waals surface area contributed by atoms with Gasteiger partial charge in [-0.15, -0.1) is 10.2 Å². The predicted octanol–water partition coefficient (Wildman–Crippen LogP) is 4.70. The van der Waals surface area contributed by atoms with E-state index in [1.807, 2.05) is 54.8 Å². The van der Waals surface area contributed by atoms with Gasteiger partial charge in [0.25, 0.3) is 0 Å². The fourth-order valence-corrected chi connectivity index (χ4v) is 3.84. The highest BCUT2D eigenvalue weighted by atomic mass is 79.9. The van der Waals surface area contributed by atoms with Crippen LogP contribution in [0.4, 0.5) is 5.69 Å². The first-order valence-electron chi connectivity index (χ1n) is 9.16. The minimum atomic E-state index is -0.0879. The number of nitrogens with zero attached hydrogens (tertiary/aromatic N) is 3. The van der Waals surface area contributed by atoms with Gasteiger partial charge in [0.1, 0.15) is 0 Å². The van der Waals surface area contributed by atoms with Crippen molar-refractivity contribution >= 4 is 39.3 Å². The van der Waals surface area contributed by atoms with E-state index in [1.165, 1.54) is 11.8 Å². The van der Waals surface area contributed by atoms with E-state index in [2.05, 4.69) is 37.5 Å². The summed E-state index contributed by atoms with van der Waals surface area (Å²) >= 11 is 4.83. The summed E-state index contributed by atoms with van der Waals surface area (Å²) in [5, 5.41) is 12.3. The summed E-state index contributed by atoms with van der Waals surface area (Å²) in [6.07, 6.45) is 0. The summed E-state index contributed by atoms with van der Waals surface area (Å²) < 4.78 is 8.26. The van der Waals surface area contributed by atoms with Crippen LogP contribution < -0.4 is 5.32 Å². The van der Waals surface area contributed by atoms with Crippen molar-refractivity contribution in [3.05, 3.63) is 58.1 Å². The molecule has 1 heterocycles. The number of thioether (sulfide) groups is 1. The van der Waals surface area contributed by atoms with Crippen molar-refractivity contribution in [1.29, 1.82) is 0 Å². The molecule has 0 radical (unpaired) electrons. The fraction of sp³-hybridized carbons (Fsp3) is 0.286. The Kier molecular flexibility index (Phi) is 7.46. The molecule has 3 rings (SSSR count). The van der Waals surface area contributed by atoms with Gasteiger partial charge in [0, 0.05) is 22.8 Å². The minimum Gasteiger partial charge on any atom is -0.383 e. The molecular weight excluding hydrogens is 452 g/mol. The number of aromatic nitrogens is 3. The summed E-state index contributed by atoms with van der Waals surface area (Å²) in [5.41, 5.74) is 3.99. The molecule has 0 bridgehead atoms. The zero-order valence-electron chi connectivity index (χ0n) is 16.6. The molecule has 0 aliphatic heterocycles. The number of aryl methyl sites for hydroxylation is 2. The number of nitrogens with one attached hydrogen (secondary N) is 1. The SMILES string of the molecule is COCCn1c(SCC(=O)Nc2ccc(Br)c(C)c2)nnc1-c1cccc(C)c1. The lowest BCUT2D eigenvalue weighted by Crippen LogP contribution is -2.15. The van der Waals surface area contributed by atoms with Gasteiger partial charge < -0.3 is 10.1 Å². The van der Waals surface area contributed by atoms with E-state index >= 15 is 0 Å². The molecule has 0 saturated carbocycles. The van der Waals surface area contributed by atoms with Crippen LogP contribution in [0.5, 0.6) is 0 Å². The van der Waals surface area contributed by atoms with Gasteiger partial charge >= 0.3 is 0 Å². The van der Waals surface area contributed by atoms with Crippen molar-refractivity contribution in [2.24, 2.45) is 0 Å². The number of rotatable bonds is 8. The lowest BCUT2D eigenvalue weighted by Gasteiger charge is -2.10. The first-order chi connectivity index (χ1) is 14.0. The van der Waals surface area contributed by atoms with Gasteiger partial charge in [-0.05, 0) is 43.7 Å². The number of amides is 1. The Morgan fingerprint density at radius 3 is 2.76 bits per heavy atom. The second-order valence-electron chi connectivity index (χ2n) is 6.62. The van der Waals surface area contributed by atoms with E-state index in [1.54, 1.807) is 7.11 Å². The third-order valence-electron chi connectivity index (χ3n) is 4.29. The standard InChI is InChI=1S/C21H23BrN4O2S/c1-14-5-4-6-16(11-14)20-24-25-21(26(20)9-10-28-3)29-13-19(27)23-17-7-8-18(22)15(2)12-17/h4-8,11-12H,9-10,13H2,1-3H3,(H,23,27). The second-order valence-corrected chi connectivity index (χ2v) is 8.42. The first-order valence-corrected chi connectivity index (χ1v) is 10.9. The highest BCUT2D eigenvalue weighted by Gasteiger charge is 2.16. The van der Waals surface area contributed by atoms with E-state index in [-0.39, 0.29) is 11.7 Å². The molecule has 0 saturated heterocycles. The molecule has 152 valence electrons. The van der Waals surface area contributed by atoms with Crippen LogP contribution in [0.1, 0.15) is 11.1 Å². The van der Waals surface area contributed by atoms with Gasteiger partial charge in [0.15, 0.2) is 11.0 Å². The summed E-state index contributed by atoms with van der Waals surface area (Å²) in [5.74, 6) is 0.931. The third-order valence-corrected chi connectivity index (χ3v) is 6.14. The molecule has 0 aliphatic carbocycles. The van der Waals surface area contributed by atoms with Gasteiger partial charge in [0.05, 0.1) is 18.9 Å². The van der Waals surface area contributed by atoms with Crippen molar-refractivity contribution in [3.63, 3.8) is 0 Å². The van der Waals surface area contributed by atoms with Crippen LogP contribution in [0.15, 0.2) is 52.1 Å². The number of methoxy groups -OCH3 is 1. The molecule has 1 amide bonds. The fourth-order valence-electron chi connectivity index (χ4n) is 2.83. The van der Waals surface area contributed by atoms with Crippen LogP contribution in [0.2, 0.25) is 0 Å². The summed E-state index contributed by atoms with van der Waals surface area (Å²) in [6, 6.07) is 13.9. The number of hydrogen-bond donors (Lipinski definition) is 1. The molecule has 0 atom stereocenters. The van der Waals surface area contributed by atoms with E-state index < -0.39 is 0 Å². The Morgan fingerprint density at radius 1 is 1.21 bits per heavy atom. The number of hydrogen-bond acceptors (Lipinski definition) is 5. The van der Waals surface area contributed by atoms with Gasteiger partial charge in [0.2, 0.25) is 5.91 Å². The molecule has 2 aromatic carbocycles. The summed E-state index contributed by atoms with van der Waals surface area (Å²) in [4.78, 5) is 12.4. The minimum absolute atomic E-state index is 0.0879. The average Bonchev–Trinajstić information content (AvgIpc) is 3.10. The molecule has 0 aliphatic rings. The lowest BCUT2D eigenvalue weighted by molar-refractivity contribution is -0.113. The predicted molar refractivity (Wildman–Crippen MR) is 120 cm³/mol. The van der Waals surface area contributed by atoms with Crippen molar-refractivity contribution < 1.29 is 9.53 Å². The van der Waals surface area contributed by atoms with E-state index in [0.29, 0.717) is 18.3 Å². The molecule has 0 unspecified atom stereocenters. The second kappa shape index (κ2) is 10.0. The summed E-state index contributed by atoms with van der Waals surface area (Å²) in [7, 11) is 1.66. The average molecular weight is 475 g/mol. The molecule has 0 fully saturated rings. The van der Waals surface area contributed by atoms with Crippen molar-refractivity contribution in [1.82, 2.24) is 14.8 Å². The topological polar surface area (TPSA) is 69.0 Å². The molecule has 0 spiro atoms. The smallest absolute Gasteiger partial charge is 0.234 e. The first kappa shape index (κ1) is 21.5. The number of anilines is 1. The van der Waals surface area contributed by atoms with Crippen molar-refractivity contribution in [2.75, 3.05) is 24.8 Å². The van der Waals surface area contributed by atoms with Crippen LogP contribution >= 0.6 is 27.7 Å². The maximum atomic E-state index is 12.4. The third kappa shape index (κ3) is 5.68. The molecule has 8 heteroatoms. The highest BCUT2D eigenvalue weighted by molar-refractivity contribution is 9.10. The Balaban J connectivity index is 1.72. The zero-order valence-corrected chi connectivity index (χ0v) is 19.0. The number of benzene rings is 2. The molecule has 3 aromatic rings. The Labute approximate surface area is 183 Å². The largest absolute Gasteiger partial charge is 0.383 e. The van der Waals surface area contributed by atoms with Crippen LogP contribution in [0.25, 0.3) is 11.4 Å². The van der Waals surface area contributed by atoms with Gasteiger partial charge in [-0.1, -0.05) is 51.5 Å². The Hall–Kier alpha value is -2.16. The quantitative estimate of drug-likeness (QED) is 0.479. The lowest BCUT2D eigenvalue weighted by atomic mass is 10.1. The number of halogens is 1. The normalized spacial score (nSPS) is 10.9. The van der Waals surface area contributed by atoms with Crippen molar-refractivity contribution in [3.8, 4) is 11.4 Å². The van der Waals surface area contributed by atoms with Crippen LogP contribution in [0.3, 0.4) is 0 Å². The van der Waals surface area contributed by atoms with E-state index in [4.69, 9.17) is 4.74 Å². The monoisotopic (exact) mass is 474 g/mol.